The lowest BCUT2D eigenvalue weighted by molar-refractivity contribution is 0.0525. The van der Waals surface area contributed by atoms with Crippen LogP contribution in [0.25, 0.3) is 0 Å². The third kappa shape index (κ3) is 6.06. The third-order valence-corrected chi connectivity index (χ3v) is 6.61. The zero-order valence-electron chi connectivity index (χ0n) is 15.6. The molecule has 1 fully saturated rings. The van der Waals surface area contributed by atoms with Gasteiger partial charge in [0.1, 0.15) is 18.5 Å². The Morgan fingerprint density at radius 1 is 1.15 bits per heavy atom. The minimum absolute atomic E-state index is 0.0670. The number of aryl methyl sites for hydroxylation is 1. The summed E-state index contributed by atoms with van der Waals surface area (Å²) in [7, 11) is -2.99. The summed E-state index contributed by atoms with van der Waals surface area (Å²) in [6, 6.07) is 17.5. The second kappa shape index (κ2) is 8.87. The van der Waals surface area contributed by atoms with Gasteiger partial charge < -0.3 is 9.84 Å². The molecule has 0 saturated carbocycles. The fourth-order valence-electron chi connectivity index (χ4n) is 3.37. The summed E-state index contributed by atoms with van der Waals surface area (Å²) in [4.78, 5) is 2.08. The Morgan fingerprint density at radius 2 is 1.85 bits per heavy atom. The highest BCUT2D eigenvalue weighted by Crippen LogP contribution is 2.21. The maximum absolute atomic E-state index is 11.9. The van der Waals surface area contributed by atoms with Gasteiger partial charge in [0.15, 0.2) is 9.84 Å². The summed E-state index contributed by atoms with van der Waals surface area (Å²) in [5.74, 6) is 1.09. The van der Waals surface area contributed by atoms with Gasteiger partial charge in [0.25, 0.3) is 0 Å². The van der Waals surface area contributed by atoms with Crippen LogP contribution in [0.4, 0.5) is 0 Å². The molecule has 6 heteroatoms. The van der Waals surface area contributed by atoms with Crippen LogP contribution in [0.5, 0.6) is 5.75 Å². The number of ether oxygens (including phenoxy) is 1. The molecule has 2 atom stereocenters. The van der Waals surface area contributed by atoms with Crippen LogP contribution in [-0.2, 0) is 16.4 Å². The van der Waals surface area contributed by atoms with Gasteiger partial charge in [0, 0.05) is 19.1 Å². The number of aliphatic hydroxyl groups is 1. The molecule has 5 nitrogen and oxygen atoms in total. The van der Waals surface area contributed by atoms with Gasteiger partial charge in [-0.25, -0.2) is 8.42 Å². The summed E-state index contributed by atoms with van der Waals surface area (Å²) >= 11 is 0. The SMILES string of the molecule is Cc1ccc(CN(CC(O)COc2ccccc2)C2CCS(=O)(=O)C2)cc1. The highest BCUT2D eigenvalue weighted by atomic mass is 32.2. The number of rotatable bonds is 8. The van der Waals surface area contributed by atoms with Gasteiger partial charge in [-0.05, 0) is 31.0 Å². The van der Waals surface area contributed by atoms with E-state index in [1.54, 1.807) is 0 Å². The number of hydrogen-bond acceptors (Lipinski definition) is 5. The van der Waals surface area contributed by atoms with Crippen LogP contribution in [0.15, 0.2) is 54.6 Å². The second-order valence-corrected chi connectivity index (χ2v) is 9.48. The summed E-state index contributed by atoms with van der Waals surface area (Å²) in [6.45, 7) is 3.20. The molecule has 146 valence electrons. The van der Waals surface area contributed by atoms with E-state index >= 15 is 0 Å². The van der Waals surface area contributed by atoms with Gasteiger partial charge in [-0.2, -0.15) is 0 Å². The van der Waals surface area contributed by atoms with Crippen molar-refractivity contribution < 1.29 is 18.3 Å². The van der Waals surface area contributed by atoms with E-state index in [1.807, 2.05) is 49.4 Å². The molecule has 1 aliphatic rings. The lowest BCUT2D eigenvalue weighted by atomic mass is 10.1. The number of sulfone groups is 1. The van der Waals surface area contributed by atoms with E-state index in [0.29, 0.717) is 25.3 Å². The van der Waals surface area contributed by atoms with Crippen LogP contribution >= 0.6 is 0 Å². The Balaban J connectivity index is 1.64. The molecule has 0 bridgehead atoms. The average Bonchev–Trinajstić information content (AvgIpc) is 3.02. The molecule has 2 aromatic rings. The molecule has 0 aromatic heterocycles. The van der Waals surface area contributed by atoms with E-state index in [2.05, 4.69) is 17.0 Å². The van der Waals surface area contributed by atoms with E-state index in [-0.39, 0.29) is 24.2 Å². The first-order valence-corrected chi connectivity index (χ1v) is 11.1. The Bertz CT molecular complexity index is 821. The highest BCUT2D eigenvalue weighted by Gasteiger charge is 2.33. The number of hydrogen-bond donors (Lipinski definition) is 1. The fourth-order valence-corrected chi connectivity index (χ4v) is 5.13. The van der Waals surface area contributed by atoms with Gasteiger partial charge in [0.05, 0.1) is 11.5 Å². The molecule has 3 rings (SSSR count). The number of para-hydroxylation sites is 1. The van der Waals surface area contributed by atoms with Crippen molar-refractivity contribution in [3.8, 4) is 5.75 Å². The van der Waals surface area contributed by atoms with Gasteiger partial charge in [-0.3, -0.25) is 4.90 Å². The van der Waals surface area contributed by atoms with Crippen LogP contribution < -0.4 is 4.74 Å². The summed E-state index contributed by atoms with van der Waals surface area (Å²) < 4.78 is 29.5. The van der Waals surface area contributed by atoms with Crippen molar-refractivity contribution in [1.29, 1.82) is 0 Å². The van der Waals surface area contributed by atoms with Gasteiger partial charge in [-0.15, -0.1) is 0 Å². The fraction of sp³-hybridized carbons (Fsp3) is 0.429. The first-order chi connectivity index (χ1) is 12.9. The first-order valence-electron chi connectivity index (χ1n) is 9.27. The molecule has 1 saturated heterocycles. The monoisotopic (exact) mass is 389 g/mol. The van der Waals surface area contributed by atoms with Crippen molar-refractivity contribution in [3.63, 3.8) is 0 Å². The first kappa shape index (κ1) is 19.9. The predicted molar refractivity (Wildman–Crippen MR) is 107 cm³/mol. The van der Waals surface area contributed by atoms with Gasteiger partial charge >= 0.3 is 0 Å². The Labute approximate surface area is 161 Å². The zero-order chi connectivity index (χ0) is 19.3. The van der Waals surface area contributed by atoms with Gasteiger partial charge in [-0.1, -0.05) is 48.0 Å². The van der Waals surface area contributed by atoms with E-state index < -0.39 is 15.9 Å². The topological polar surface area (TPSA) is 66.8 Å². The quantitative estimate of drug-likeness (QED) is 0.751. The molecule has 27 heavy (non-hydrogen) atoms. The van der Waals surface area contributed by atoms with Gasteiger partial charge in [0.2, 0.25) is 0 Å². The van der Waals surface area contributed by atoms with E-state index in [9.17, 15) is 13.5 Å². The molecule has 0 spiro atoms. The van der Waals surface area contributed by atoms with Crippen molar-refractivity contribution in [2.45, 2.75) is 32.0 Å². The molecular formula is C21H27NO4S. The molecule has 0 radical (unpaired) electrons. The number of nitrogens with zero attached hydrogens (tertiary/aromatic N) is 1. The Kier molecular flexibility index (Phi) is 6.52. The second-order valence-electron chi connectivity index (χ2n) is 7.25. The van der Waals surface area contributed by atoms with Crippen molar-refractivity contribution in [2.24, 2.45) is 0 Å². The highest BCUT2D eigenvalue weighted by molar-refractivity contribution is 7.91. The van der Waals surface area contributed by atoms with E-state index in [4.69, 9.17) is 4.74 Å². The summed E-state index contributed by atoms with van der Waals surface area (Å²) in [5, 5.41) is 10.5. The summed E-state index contributed by atoms with van der Waals surface area (Å²) in [6.07, 6.45) is -0.0838. The smallest absolute Gasteiger partial charge is 0.151 e. The lowest BCUT2D eigenvalue weighted by Crippen LogP contribution is -2.42. The minimum atomic E-state index is -2.99. The largest absolute Gasteiger partial charge is 0.491 e. The Morgan fingerprint density at radius 3 is 2.48 bits per heavy atom. The third-order valence-electron chi connectivity index (χ3n) is 4.86. The molecule has 1 aliphatic heterocycles. The van der Waals surface area contributed by atoms with E-state index in [1.165, 1.54) is 5.56 Å². The van der Waals surface area contributed by atoms with Crippen LogP contribution in [0.1, 0.15) is 17.5 Å². The number of aliphatic hydroxyl groups excluding tert-OH is 1. The molecule has 1 heterocycles. The van der Waals surface area contributed by atoms with Crippen LogP contribution in [-0.4, -0.2) is 55.2 Å². The minimum Gasteiger partial charge on any atom is -0.491 e. The van der Waals surface area contributed by atoms with Crippen LogP contribution in [0.3, 0.4) is 0 Å². The summed E-state index contributed by atoms with van der Waals surface area (Å²) in [5.41, 5.74) is 2.30. The maximum atomic E-state index is 11.9. The van der Waals surface area contributed by atoms with E-state index in [0.717, 1.165) is 5.56 Å². The normalized spacial score (nSPS) is 19.9. The molecule has 1 N–H and O–H groups in total. The average molecular weight is 390 g/mol. The van der Waals surface area contributed by atoms with Crippen molar-refractivity contribution in [1.82, 2.24) is 4.90 Å². The maximum Gasteiger partial charge on any atom is 0.151 e. The molecular weight excluding hydrogens is 362 g/mol. The van der Waals surface area contributed by atoms with Crippen molar-refractivity contribution in [2.75, 3.05) is 24.7 Å². The molecule has 2 unspecified atom stereocenters. The lowest BCUT2D eigenvalue weighted by Gasteiger charge is -2.30. The zero-order valence-corrected chi connectivity index (χ0v) is 16.4. The van der Waals surface area contributed by atoms with Crippen LogP contribution in [0.2, 0.25) is 0 Å². The molecule has 0 aliphatic carbocycles. The predicted octanol–water partition coefficient (Wildman–Crippen LogP) is 2.42. The standard InChI is InChI=1S/C21H27NO4S/c1-17-7-9-18(10-8-17)13-22(19-11-12-27(24,25)16-19)14-20(23)15-26-21-5-3-2-4-6-21/h2-10,19-20,23H,11-16H2,1H3. The van der Waals surface area contributed by atoms with Crippen LogP contribution in [0, 0.1) is 6.92 Å². The molecule has 0 amide bonds. The number of benzene rings is 2. The van der Waals surface area contributed by atoms with Crippen molar-refractivity contribution >= 4 is 9.84 Å². The van der Waals surface area contributed by atoms with Crippen molar-refractivity contribution in [3.05, 3.63) is 65.7 Å². The Hall–Kier alpha value is -1.89. The molecule has 2 aromatic carbocycles.